The molecule has 25 heavy (non-hydrogen) atoms. The summed E-state index contributed by atoms with van der Waals surface area (Å²) >= 11 is 0. The summed E-state index contributed by atoms with van der Waals surface area (Å²) in [4.78, 5) is 7.35. The summed E-state index contributed by atoms with van der Waals surface area (Å²) in [6.07, 6.45) is 2.24. The largest absolute Gasteiger partial charge is 0.370 e. The number of benzene rings is 1. The summed E-state index contributed by atoms with van der Waals surface area (Å²) in [5.41, 5.74) is 11.2. The van der Waals surface area contributed by atoms with Crippen LogP contribution in [0.25, 0.3) is 22.2 Å². The van der Waals surface area contributed by atoms with Crippen molar-refractivity contribution < 1.29 is 0 Å². The number of nitrogens with zero attached hydrogens (tertiary/aromatic N) is 3. The van der Waals surface area contributed by atoms with Crippen molar-refractivity contribution in [3.8, 4) is 11.1 Å². The summed E-state index contributed by atoms with van der Waals surface area (Å²) in [7, 11) is 2.13. The maximum atomic E-state index is 4.94. The van der Waals surface area contributed by atoms with Gasteiger partial charge in [-0.25, -0.2) is 0 Å². The van der Waals surface area contributed by atoms with Gasteiger partial charge in [-0.3, -0.25) is 4.98 Å². The fourth-order valence-corrected chi connectivity index (χ4v) is 4.10. The lowest BCUT2D eigenvalue weighted by molar-refractivity contribution is 0.859. The molecule has 3 rings (SSSR count). The molecular weight excluding hydrogens is 306 g/mol. The lowest BCUT2D eigenvalue weighted by Gasteiger charge is -2.23. The van der Waals surface area contributed by atoms with Crippen LogP contribution in [0.4, 0.5) is 5.69 Å². The molecule has 3 heteroatoms. The van der Waals surface area contributed by atoms with Gasteiger partial charge in [-0.05, 0) is 64.3 Å². The molecule has 0 saturated heterocycles. The Kier molecular flexibility index (Phi) is 4.59. The summed E-state index contributed by atoms with van der Waals surface area (Å²) in [5, 5.41) is 0. The average molecular weight is 335 g/mol. The molecule has 0 atom stereocenters. The topological polar surface area (TPSA) is 21.1 Å². The van der Waals surface area contributed by atoms with Crippen LogP contribution in [-0.2, 0) is 7.05 Å². The molecule has 2 heterocycles. The van der Waals surface area contributed by atoms with E-state index in [1.807, 2.05) is 0 Å². The Morgan fingerprint density at radius 2 is 1.56 bits per heavy atom. The smallest absolute Gasteiger partial charge is 0.0984 e. The Labute approximate surface area is 151 Å². The first-order valence-electron chi connectivity index (χ1n) is 9.17. The number of anilines is 1. The van der Waals surface area contributed by atoms with Gasteiger partial charge in [0.05, 0.1) is 16.7 Å². The number of hydrogen-bond acceptors (Lipinski definition) is 2. The molecule has 0 unspecified atom stereocenters. The van der Waals surface area contributed by atoms with Crippen LogP contribution in [0.5, 0.6) is 0 Å². The second-order valence-electron chi connectivity index (χ2n) is 7.08. The van der Waals surface area contributed by atoms with Crippen LogP contribution in [-0.4, -0.2) is 22.6 Å². The van der Waals surface area contributed by atoms with Crippen molar-refractivity contribution in [2.24, 2.45) is 7.05 Å². The Balaban J connectivity index is 2.37. The van der Waals surface area contributed by atoms with E-state index in [-0.39, 0.29) is 0 Å². The van der Waals surface area contributed by atoms with Crippen molar-refractivity contribution in [3.05, 3.63) is 46.8 Å². The number of rotatable bonds is 4. The van der Waals surface area contributed by atoms with E-state index in [2.05, 4.69) is 82.5 Å². The Bertz CT molecular complexity index is 907. The first kappa shape index (κ1) is 17.5. The minimum atomic E-state index is 0.998. The van der Waals surface area contributed by atoms with Crippen molar-refractivity contribution >= 4 is 16.7 Å². The number of fused-ring (bicyclic) bond motifs is 1. The zero-order chi connectivity index (χ0) is 18.3. The van der Waals surface area contributed by atoms with Crippen LogP contribution in [0, 0.1) is 27.7 Å². The van der Waals surface area contributed by atoms with Gasteiger partial charge in [-0.15, -0.1) is 0 Å². The van der Waals surface area contributed by atoms with E-state index in [9.17, 15) is 0 Å². The predicted molar refractivity (Wildman–Crippen MR) is 109 cm³/mol. The van der Waals surface area contributed by atoms with Crippen LogP contribution < -0.4 is 4.90 Å². The second kappa shape index (κ2) is 6.55. The molecule has 0 bridgehead atoms. The minimum Gasteiger partial charge on any atom is -0.370 e. The SMILES string of the molecule is CCN(CC)c1cc(C)nc2c(-c3c(C)cc(C)cc3C)cn(C)c12. The average Bonchev–Trinajstić information content (AvgIpc) is 2.84. The highest BCUT2D eigenvalue weighted by Crippen LogP contribution is 2.38. The van der Waals surface area contributed by atoms with Crippen LogP contribution in [0.3, 0.4) is 0 Å². The molecule has 0 amide bonds. The van der Waals surface area contributed by atoms with Crippen molar-refractivity contribution in [3.63, 3.8) is 0 Å². The molecule has 0 aliphatic heterocycles. The molecule has 0 N–H and O–H groups in total. The third-order valence-corrected chi connectivity index (χ3v) is 5.08. The van der Waals surface area contributed by atoms with E-state index in [1.54, 1.807) is 0 Å². The number of aromatic nitrogens is 2. The minimum absolute atomic E-state index is 0.998. The van der Waals surface area contributed by atoms with Crippen molar-refractivity contribution in [2.75, 3.05) is 18.0 Å². The lowest BCUT2D eigenvalue weighted by atomic mass is 9.94. The van der Waals surface area contributed by atoms with Gasteiger partial charge in [-0.1, -0.05) is 17.7 Å². The van der Waals surface area contributed by atoms with E-state index in [0.717, 1.165) is 24.3 Å². The molecule has 3 aromatic rings. The van der Waals surface area contributed by atoms with E-state index >= 15 is 0 Å². The number of pyridine rings is 1. The van der Waals surface area contributed by atoms with Crippen molar-refractivity contribution in [1.82, 2.24) is 9.55 Å². The Morgan fingerprint density at radius 3 is 2.12 bits per heavy atom. The molecule has 0 aliphatic rings. The van der Waals surface area contributed by atoms with Crippen LogP contribution in [0.15, 0.2) is 24.4 Å². The summed E-state index contributed by atoms with van der Waals surface area (Å²) in [6, 6.07) is 6.75. The molecular formula is C22H29N3. The fourth-order valence-electron chi connectivity index (χ4n) is 4.10. The highest BCUT2D eigenvalue weighted by atomic mass is 15.1. The van der Waals surface area contributed by atoms with Gasteiger partial charge < -0.3 is 9.47 Å². The zero-order valence-corrected chi connectivity index (χ0v) is 16.6. The summed E-state index contributed by atoms with van der Waals surface area (Å²) in [6.45, 7) is 15.1. The van der Waals surface area contributed by atoms with E-state index in [0.29, 0.717) is 0 Å². The van der Waals surface area contributed by atoms with Gasteiger partial charge in [0.25, 0.3) is 0 Å². The summed E-state index contributed by atoms with van der Waals surface area (Å²) in [5.74, 6) is 0. The number of aryl methyl sites for hydroxylation is 5. The highest BCUT2D eigenvalue weighted by molar-refractivity contribution is 6.01. The maximum Gasteiger partial charge on any atom is 0.0984 e. The Morgan fingerprint density at radius 1 is 0.960 bits per heavy atom. The van der Waals surface area contributed by atoms with Gasteiger partial charge in [0.15, 0.2) is 0 Å². The molecule has 1 aromatic carbocycles. The molecule has 0 spiro atoms. The van der Waals surface area contributed by atoms with Gasteiger partial charge in [0.2, 0.25) is 0 Å². The fraction of sp³-hybridized carbons (Fsp3) is 0.409. The van der Waals surface area contributed by atoms with Gasteiger partial charge in [-0.2, -0.15) is 0 Å². The number of hydrogen-bond donors (Lipinski definition) is 0. The molecule has 0 aliphatic carbocycles. The first-order chi connectivity index (χ1) is 11.9. The molecule has 0 fully saturated rings. The molecule has 0 radical (unpaired) electrons. The monoisotopic (exact) mass is 335 g/mol. The normalized spacial score (nSPS) is 11.3. The maximum absolute atomic E-state index is 4.94. The molecule has 0 saturated carbocycles. The molecule has 2 aromatic heterocycles. The first-order valence-corrected chi connectivity index (χ1v) is 9.17. The Hall–Kier alpha value is -2.29. The van der Waals surface area contributed by atoms with E-state index in [4.69, 9.17) is 4.98 Å². The van der Waals surface area contributed by atoms with Gasteiger partial charge in [0.1, 0.15) is 0 Å². The van der Waals surface area contributed by atoms with Gasteiger partial charge >= 0.3 is 0 Å². The lowest BCUT2D eigenvalue weighted by Crippen LogP contribution is -2.22. The van der Waals surface area contributed by atoms with Crippen molar-refractivity contribution in [1.29, 1.82) is 0 Å². The van der Waals surface area contributed by atoms with Crippen LogP contribution >= 0.6 is 0 Å². The van der Waals surface area contributed by atoms with Crippen LogP contribution in [0.1, 0.15) is 36.2 Å². The predicted octanol–water partition coefficient (Wildman–Crippen LogP) is 5.32. The standard InChI is InChI=1S/C22H29N3/c1-8-25(9-2)19-12-17(6)23-21-18(13-24(7)22(19)21)20-15(4)10-14(3)11-16(20)5/h10-13H,8-9H2,1-7H3. The zero-order valence-electron chi connectivity index (χ0n) is 16.6. The molecule has 132 valence electrons. The third kappa shape index (κ3) is 2.92. The highest BCUT2D eigenvalue weighted by Gasteiger charge is 2.19. The molecule has 3 nitrogen and oxygen atoms in total. The van der Waals surface area contributed by atoms with E-state index in [1.165, 1.54) is 39.0 Å². The summed E-state index contributed by atoms with van der Waals surface area (Å²) < 4.78 is 2.24. The van der Waals surface area contributed by atoms with Crippen LogP contribution in [0.2, 0.25) is 0 Å². The van der Waals surface area contributed by atoms with E-state index < -0.39 is 0 Å². The second-order valence-corrected chi connectivity index (χ2v) is 7.08. The van der Waals surface area contributed by atoms with Crippen molar-refractivity contribution in [2.45, 2.75) is 41.5 Å². The van der Waals surface area contributed by atoms with Gasteiger partial charge in [0, 0.05) is 37.6 Å². The quantitative estimate of drug-likeness (QED) is 0.643. The third-order valence-electron chi connectivity index (χ3n) is 5.08.